The molecule has 0 aromatic heterocycles. The van der Waals surface area contributed by atoms with Crippen molar-refractivity contribution in [3.05, 3.63) is 29.3 Å². The van der Waals surface area contributed by atoms with Crippen molar-refractivity contribution < 1.29 is 14.3 Å². The van der Waals surface area contributed by atoms with E-state index < -0.39 is 22.6 Å². The number of anilines is 1. The molecule has 0 unspecified atom stereocenters. The lowest BCUT2D eigenvalue weighted by molar-refractivity contribution is -0.142. The van der Waals surface area contributed by atoms with Crippen LogP contribution in [0, 0.1) is 25.2 Å². The molecule has 1 saturated heterocycles. The molecule has 2 atom stereocenters. The third-order valence-corrected chi connectivity index (χ3v) is 6.45. The highest BCUT2D eigenvalue weighted by Gasteiger charge is 2.58. The van der Waals surface area contributed by atoms with Crippen molar-refractivity contribution in [3.63, 3.8) is 0 Å². The Labute approximate surface area is 188 Å². The van der Waals surface area contributed by atoms with Gasteiger partial charge in [-0.25, -0.2) is 4.79 Å². The molecule has 1 heterocycles. The maximum atomic E-state index is 14.1. The monoisotopic (exact) mass is 430 g/mol. The second kappa shape index (κ2) is 9.22. The lowest BCUT2D eigenvalue weighted by Crippen LogP contribution is -2.69. The van der Waals surface area contributed by atoms with E-state index in [2.05, 4.69) is 33.0 Å². The van der Waals surface area contributed by atoms with Crippen molar-refractivity contribution in [2.24, 2.45) is 11.3 Å². The molecular formula is C26H42N2O3. The van der Waals surface area contributed by atoms with Crippen LogP contribution in [0.25, 0.3) is 0 Å². The first-order valence-electron chi connectivity index (χ1n) is 11.6. The average Bonchev–Trinajstić information content (AvgIpc) is 2.62. The number of piperidine rings is 1. The molecule has 0 spiro atoms. The molecule has 1 aromatic carbocycles. The zero-order valence-corrected chi connectivity index (χ0v) is 21.0. The van der Waals surface area contributed by atoms with Crippen molar-refractivity contribution in [1.29, 1.82) is 0 Å². The Balaban J connectivity index is 2.56. The summed E-state index contributed by atoms with van der Waals surface area (Å²) in [6.07, 6.45) is 3.24. The summed E-state index contributed by atoms with van der Waals surface area (Å²) in [5, 5.41) is 3.22. The Morgan fingerprint density at radius 2 is 1.71 bits per heavy atom. The summed E-state index contributed by atoms with van der Waals surface area (Å²) in [5.41, 5.74) is 0.769. The van der Waals surface area contributed by atoms with Crippen LogP contribution in [-0.2, 0) is 9.53 Å². The quantitative estimate of drug-likeness (QED) is 0.595. The molecule has 1 N–H and O–H groups in total. The van der Waals surface area contributed by atoms with Gasteiger partial charge in [0.1, 0.15) is 11.1 Å². The van der Waals surface area contributed by atoms with Crippen LogP contribution in [0.5, 0.6) is 0 Å². The van der Waals surface area contributed by atoms with Gasteiger partial charge >= 0.3 is 6.09 Å². The number of para-hydroxylation sites is 1. The van der Waals surface area contributed by atoms with Gasteiger partial charge in [0.2, 0.25) is 0 Å². The number of ether oxygens (including phenoxy) is 1. The second-order valence-corrected chi connectivity index (χ2v) is 11.1. The number of hydrogen-bond donors (Lipinski definition) is 1. The number of benzene rings is 1. The van der Waals surface area contributed by atoms with Crippen molar-refractivity contribution in [1.82, 2.24) is 4.90 Å². The third-order valence-electron chi connectivity index (χ3n) is 6.45. The largest absolute Gasteiger partial charge is 0.444 e. The molecule has 2 amide bonds. The smallest absolute Gasteiger partial charge is 0.411 e. The molecule has 1 aliphatic heterocycles. The Bertz CT molecular complexity index is 784. The number of nitrogens with zero attached hydrogens (tertiary/aromatic N) is 1. The van der Waals surface area contributed by atoms with Crippen LogP contribution in [0.1, 0.15) is 85.3 Å². The summed E-state index contributed by atoms with van der Waals surface area (Å²) >= 11 is 0. The van der Waals surface area contributed by atoms with Crippen molar-refractivity contribution in [2.45, 2.75) is 99.1 Å². The van der Waals surface area contributed by atoms with Gasteiger partial charge in [0.15, 0.2) is 0 Å². The van der Waals surface area contributed by atoms with Gasteiger partial charge in [-0.05, 0) is 69.9 Å². The average molecular weight is 431 g/mol. The van der Waals surface area contributed by atoms with Gasteiger partial charge < -0.3 is 10.1 Å². The minimum absolute atomic E-state index is 0.121. The van der Waals surface area contributed by atoms with Crippen LogP contribution in [0.2, 0.25) is 0 Å². The second-order valence-electron chi connectivity index (χ2n) is 11.1. The number of nitrogens with one attached hydrogen (secondary N) is 1. The summed E-state index contributed by atoms with van der Waals surface area (Å²) in [5.74, 6) is 0.274. The van der Waals surface area contributed by atoms with Crippen LogP contribution in [-0.4, -0.2) is 34.6 Å². The molecule has 0 aliphatic carbocycles. The topological polar surface area (TPSA) is 58.6 Å². The van der Waals surface area contributed by atoms with Crippen molar-refractivity contribution >= 4 is 17.7 Å². The van der Waals surface area contributed by atoms with Gasteiger partial charge in [0.25, 0.3) is 5.91 Å². The molecule has 2 rings (SSSR count). The minimum Gasteiger partial charge on any atom is -0.444 e. The maximum absolute atomic E-state index is 14.1. The van der Waals surface area contributed by atoms with E-state index in [1.807, 2.05) is 52.8 Å². The molecular weight excluding hydrogens is 388 g/mol. The minimum atomic E-state index is -0.998. The van der Waals surface area contributed by atoms with E-state index in [0.29, 0.717) is 18.9 Å². The Kier molecular flexibility index (Phi) is 7.50. The zero-order valence-electron chi connectivity index (χ0n) is 21.0. The first kappa shape index (κ1) is 25.2. The van der Waals surface area contributed by atoms with Gasteiger partial charge in [-0.1, -0.05) is 58.7 Å². The number of hydrogen-bond acceptors (Lipinski definition) is 3. The molecule has 174 valence electrons. The SMILES string of the molecule is CCC[C@H]1CCN(C(=O)OC(C)(C)C)[C@](C(=O)Nc2c(C)cccc2C)(C(C)(C)C)C1. The predicted molar refractivity (Wildman–Crippen MR) is 127 cm³/mol. The highest BCUT2D eigenvalue weighted by atomic mass is 16.6. The fraction of sp³-hybridized carbons (Fsp3) is 0.692. The summed E-state index contributed by atoms with van der Waals surface area (Å²) in [6.45, 7) is 18.5. The number of carbonyl (C=O) groups excluding carboxylic acids is 2. The van der Waals surface area contributed by atoms with Gasteiger partial charge in [-0.2, -0.15) is 0 Å². The lowest BCUT2D eigenvalue weighted by Gasteiger charge is -2.54. The van der Waals surface area contributed by atoms with Crippen LogP contribution in [0.3, 0.4) is 0 Å². The van der Waals surface area contributed by atoms with Crippen molar-refractivity contribution in [3.8, 4) is 0 Å². The fourth-order valence-corrected chi connectivity index (χ4v) is 4.85. The lowest BCUT2D eigenvalue weighted by atomic mass is 9.64. The van der Waals surface area contributed by atoms with E-state index in [0.717, 1.165) is 36.1 Å². The van der Waals surface area contributed by atoms with Crippen LogP contribution in [0.4, 0.5) is 10.5 Å². The fourth-order valence-electron chi connectivity index (χ4n) is 4.85. The van der Waals surface area contributed by atoms with Gasteiger partial charge in [-0.15, -0.1) is 0 Å². The first-order valence-corrected chi connectivity index (χ1v) is 11.6. The zero-order chi connectivity index (χ0) is 23.6. The molecule has 31 heavy (non-hydrogen) atoms. The Morgan fingerprint density at radius 1 is 1.13 bits per heavy atom. The number of amides is 2. The normalized spacial score (nSPS) is 22.2. The van der Waals surface area contributed by atoms with Gasteiger partial charge in [-0.3, -0.25) is 9.69 Å². The maximum Gasteiger partial charge on any atom is 0.411 e. The molecule has 5 nitrogen and oxygen atoms in total. The number of rotatable bonds is 4. The number of carbonyl (C=O) groups is 2. The van der Waals surface area contributed by atoms with Crippen LogP contribution in [0.15, 0.2) is 18.2 Å². The van der Waals surface area contributed by atoms with E-state index in [4.69, 9.17) is 4.74 Å². The standard InChI is InChI=1S/C26H42N2O3/c1-10-12-20-15-16-28(23(30)31-25(7,8)9)26(17-20,24(4,5)6)22(29)27-21-18(2)13-11-14-19(21)3/h11,13-14,20H,10,12,15-17H2,1-9H3,(H,27,29)/t20-,26+/m0/s1. The Morgan fingerprint density at radius 3 is 2.19 bits per heavy atom. The van der Waals surface area contributed by atoms with Crippen LogP contribution >= 0.6 is 0 Å². The van der Waals surface area contributed by atoms with E-state index in [1.54, 1.807) is 4.90 Å². The summed E-state index contributed by atoms with van der Waals surface area (Å²) in [7, 11) is 0. The highest BCUT2D eigenvalue weighted by molar-refractivity contribution is 6.01. The molecule has 1 aliphatic rings. The van der Waals surface area contributed by atoms with E-state index in [9.17, 15) is 9.59 Å². The third kappa shape index (κ3) is 5.42. The van der Waals surface area contributed by atoms with E-state index in [-0.39, 0.29) is 5.91 Å². The van der Waals surface area contributed by atoms with Gasteiger partial charge in [0.05, 0.1) is 0 Å². The Hall–Kier alpha value is -2.04. The molecule has 1 fully saturated rings. The molecule has 1 aromatic rings. The summed E-state index contributed by atoms with van der Waals surface area (Å²) < 4.78 is 5.78. The predicted octanol–water partition coefficient (Wildman–Crippen LogP) is 6.47. The number of likely N-dealkylation sites (tertiary alicyclic amines) is 1. The van der Waals surface area contributed by atoms with E-state index >= 15 is 0 Å². The summed E-state index contributed by atoms with van der Waals surface area (Å²) in [4.78, 5) is 29.2. The van der Waals surface area contributed by atoms with Crippen molar-refractivity contribution in [2.75, 3.05) is 11.9 Å². The molecule has 5 heteroatoms. The van der Waals surface area contributed by atoms with Crippen LogP contribution < -0.4 is 5.32 Å². The highest BCUT2D eigenvalue weighted by Crippen LogP contribution is 2.47. The number of aryl methyl sites for hydroxylation is 2. The first-order chi connectivity index (χ1) is 14.2. The van der Waals surface area contributed by atoms with Gasteiger partial charge in [0, 0.05) is 12.2 Å². The molecule has 0 bridgehead atoms. The summed E-state index contributed by atoms with van der Waals surface area (Å²) in [6, 6.07) is 5.99. The van der Waals surface area contributed by atoms with E-state index in [1.165, 1.54) is 0 Å². The molecule has 0 radical (unpaired) electrons. The molecule has 0 saturated carbocycles.